The van der Waals surface area contributed by atoms with Crippen molar-refractivity contribution >= 4 is 11.3 Å². The van der Waals surface area contributed by atoms with Gasteiger partial charge in [0.1, 0.15) is 5.76 Å². The van der Waals surface area contributed by atoms with Crippen molar-refractivity contribution in [3.05, 3.63) is 58.6 Å². The van der Waals surface area contributed by atoms with Gasteiger partial charge in [-0.1, -0.05) is 6.07 Å². The number of likely N-dealkylation sites (tertiary alicyclic amines) is 1. The van der Waals surface area contributed by atoms with Crippen LogP contribution in [0.2, 0.25) is 0 Å². The van der Waals surface area contributed by atoms with E-state index in [-0.39, 0.29) is 0 Å². The van der Waals surface area contributed by atoms with Crippen LogP contribution in [0.4, 0.5) is 0 Å². The summed E-state index contributed by atoms with van der Waals surface area (Å²) in [6, 6.07) is 10.1. The summed E-state index contributed by atoms with van der Waals surface area (Å²) in [5.41, 5.74) is 2.04. The molecule has 0 spiro atoms. The van der Waals surface area contributed by atoms with Gasteiger partial charge in [0.05, 0.1) is 29.0 Å². The van der Waals surface area contributed by atoms with Crippen LogP contribution in [0.25, 0.3) is 10.8 Å². The zero-order valence-electron chi connectivity index (χ0n) is 15.9. The molecular formula is C21H25N3O2S. The maximum atomic E-state index is 6.03. The van der Waals surface area contributed by atoms with Gasteiger partial charge in [-0.3, -0.25) is 9.88 Å². The number of aromatic nitrogens is 2. The van der Waals surface area contributed by atoms with Gasteiger partial charge >= 0.3 is 0 Å². The summed E-state index contributed by atoms with van der Waals surface area (Å²) in [5.74, 6) is 1.67. The lowest BCUT2D eigenvalue weighted by atomic mass is 10.1. The van der Waals surface area contributed by atoms with Gasteiger partial charge in [-0.25, -0.2) is 4.98 Å². The molecule has 0 unspecified atom stereocenters. The quantitative estimate of drug-likeness (QED) is 0.623. The molecule has 6 heteroatoms. The molecule has 1 fully saturated rings. The van der Waals surface area contributed by atoms with E-state index in [9.17, 15) is 0 Å². The molecule has 142 valence electrons. The average molecular weight is 384 g/mol. The Balaban J connectivity index is 1.28. The zero-order chi connectivity index (χ0) is 18.6. The molecule has 0 aliphatic carbocycles. The Labute approximate surface area is 164 Å². The summed E-state index contributed by atoms with van der Waals surface area (Å²) in [6.07, 6.45) is 4.21. The van der Waals surface area contributed by atoms with E-state index in [0.717, 1.165) is 60.4 Å². The van der Waals surface area contributed by atoms with Crippen LogP contribution in [0.5, 0.6) is 0 Å². The summed E-state index contributed by atoms with van der Waals surface area (Å²) in [5, 5.41) is 0. The van der Waals surface area contributed by atoms with Crippen molar-refractivity contribution in [3.8, 4) is 10.8 Å². The maximum Gasteiger partial charge on any atom is 0.236 e. The first-order chi connectivity index (χ1) is 13.2. The highest BCUT2D eigenvalue weighted by atomic mass is 32.1. The third-order valence-corrected chi connectivity index (χ3v) is 5.93. The second-order valence-electron chi connectivity index (χ2n) is 7.04. The van der Waals surface area contributed by atoms with Crippen LogP contribution in [0.1, 0.15) is 34.9 Å². The molecule has 27 heavy (non-hydrogen) atoms. The fraction of sp³-hybridized carbons (Fsp3) is 0.429. The predicted octanol–water partition coefficient (Wildman–Crippen LogP) is 4.60. The van der Waals surface area contributed by atoms with Crippen molar-refractivity contribution in [2.45, 2.75) is 45.9 Å². The molecule has 3 aromatic heterocycles. The van der Waals surface area contributed by atoms with Gasteiger partial charge in [-0.2, -0.15) is 0 Å². The van der Waals surface area contributed by atoms with E-state index in [0.29, 0.717) is 12.7 Å². The van der Waals surface area contributed by atoms with Crippen molar-refractivity contribution in [1.82, 2.24) is 14.9 Å². The standard InChI is InChI=1S/C21H25N3O2S/c1-15-6-7-20(27-15)21-23-19(16(2)26-21)13-24-11-8-18(9-12-24)25-14-17-5-3-4-10-22-17/h3-7,10,18H,8-9,11-14H2,1-2H3. The predicted molar refractivity (Wildman–Crippen MR) is 107 cm³/mol. The van der Waals surface area contributed by atoms with Crippen LogP contribution in [0, 0.1) is 13.8 Å². The molecule has 1 aliphatic heterocycles. The Hall–Kier alpha value is -2.02. The third-order valence-electron chi connectivity index (χ3n) is 4.94. The van der Waals surface area contributed by atoms with E-state index in [1.54, 1.807) is 11.3 Å². The van der Waals surface area contributed by atoms with Gasteiger partial charge in [-0.15, -0.1) is 11.3 Å². The molecule has 0 atom stereocenters. The molecule has 0 saturated carbocycles. The highest BCUT2D eigenvalue weighted by molar-refractivity contribution is 7.15. The summed E-state index contributed by atoms with van der Waals surface area (Å²) < 4.78 is 11.9. The van der Waals surface area contributed by atoms with Gasteiger partial charge in [0, 0.05) is 30.7 Å². The van der Waals surface area contributed by atoms with Gasteiger partial charge in [-0.05, 0) is 51.0 Å². The first-order valence-corrected chi connectivity index (χ1v) is 10.3. The smallest absolute Gasteiger partial charge is 0.236 e. The third kappa shape index (κ3) is 4.64. The minimum Gasteiger partial charge on any atom is -0.440 e. The maximum absolute atomic E-state index is 6.03. The van der Waals surface area contributed by atoms with Crippen LogP contribution >= 0.6 is 11.3 Å². The van der Waals surface area contributed by atoms with Crippen LogP contribution in [0.15, 0.2) is 40.9 Å². The van der Waals surface area contributed by atoms with E-state index in [1.807, 2.05) is 31.3 Å². The Bertz CT molecular complexity index is 867. The zero-order valence-corrected chi connectivity index (χ0v) is 16.7. The lowest BCUT2D eigenvalue weighted by Crippen LogP contribution is -2.36. The molecule has 4 heterocycles. The number of oxazole rings is 1. The second kappa shape index (κ2) is 8.33. The second-order valence-corrected chi connectivity index (χ2v) is 8.33. The molecule has 4 rings (SSSR count). The number of rotatable bonds is 6. The van der Waals surface area contributed by atoms with Crippen molar-refractivity contribution in [2.24, 2.45) is 0 Å². The van der Waals surface area contributed by atoms with Crippen molar-refractivity contribution in [2.75, 3.05) is 13.1 Å². The number of pyridine rings is 1. The van der Waals surface area contributed by atoms with Gasteiger partial charge in [0.25, 0.3) is 0 Å². The monoisotopic (exact) mass is 383 g/mol. The molecule has 0 aromatic carbocycles. The lowest BCUT2D eigenvalue weighted by Gasteiger charge is -2.31. The van der Waals surface area contributed by atoms with Gasteiger partial charge in [0.15, 0.2) is 0 Å². The molecule has 0 N–H and O–H groups in total. The van der Waals surface area contributed by atoms with Crippen molar-refractivity contribution in [1.29, 1.82) is 0 Å². The number of hydrogen-bond acceptors (Lipinski definition) is 6. The van der Waals surface area contributed by atoms with Gasteiger partial charge in [0.2, 0.25) is 5.89 Å². The van der Waals surface area contributed by atoms with Crippen molar-refractivity contribution in [3.63, 3.8) is 0 Å². The number of ether oxygens (including phenoxy) is 1. The summed E-state index contributed by atoms with van der Waals surface area (Å²) >= 11 is 1.72. The Morgan fingerprint density at radius 3 is 2.74 bits per heavy atom. The molecule has 0 bridgehead atoms. The Kier molecular flexibility index (Phi) is 5.66. The molecule has 0 amide bonds. The molecular weight excluding hydrogens is 358 g/mol. The molecule has 1 aliphatic rings. The van der Waals surface area contributed by atoms with Gasteiger partial charge < -0.3 is 9.15 Å². The summed E-state index contributed by atoms with van der Waals surface area (Å²) in [4.78, 5) is 13.9. The fourth-order valence-corrected chi connectivity index (χ4v) is 4.16. The summed E-state index contributed by atoms with van der Waals surface area (Å²) in [6.45, 7) is 7.59. The van der Waals surface area contributed by atoms with Crippen LogP contribution < -0.4 is 0 Å². The number of hydrogen-bond donors (Lipinski definition) is 0. The summed E-state index contributed by atoms with van der Waals surface area (Å²) in [7, 11) is 0. The van der Waals surface area contributed by atoms with Crippen LogP contribution in [-0.4, -0.2) is 34.1 Å². The average Bonchev–Trinajstić information content (AvgIpc) is 3.28. The minimum atomic E-state index is 0.311. The molecule has 3 aromatic rings. The topological polar surface area (TPSA) is 51.4 Å². The van der Waals surface area contributed by atoms with E-state index in [2.05, 4.69) is 28.9 Å². The Morgan fingerprint density at radius 1 is 1.19 bits per heavy atom. The fourth-order valence-electron chi connectivity index (χ4n) is 3.36. The number of piperidine rings is 1. The van der Waals surface area contributed by atoms with E-state index in [1.165, 1.54) is 4.88 Å². The normalized spacial score (nSPS) is 16.1. The number of thiophene rings is 1. The lowest BCUT2D eigenvalue weighted by molar-refractivity contribution is -0.00546. The van der Waals surface area contributed by atoms with Crippen LogP contribution in [0.3, 0.4) is 0 Å². The highest BCUT2D eigenvalue weighted by Gasteiger charge is 2.22. The Morgan fingerprint density at radius 2 is 2.04 bits per heavy atom. The SMILES string of the molecule is Cc1ccc(-c2nc(CN3CCC(OCc4ccccn4)CC3)c(C)o2)s1. The first kappa shape index (κ1) is 18.3. The largest absolute Gasteiger partial charge is 0.440 e. The number of aryl methyl sites for hydroxylation is 2. The molecule has 1 saturated heterocycles. The number of nitrogens with zero attached hydrogens (tertiary/aromatic N) is 3. The van der Waals surface area contributed by atoms with E-state index >= 15 is 0 Å². The molecule has 0 radical (unpaired) electrons. The minimum absolute atomic E-state index is 0.311. The highest BCUT2D eigenvalue weighted by Crippen LogP contribution is 2.29. The molecule has 5 nitrogen and oxygen atoms in total. The van der Waals surface area contributed by atoms with Crippen LogP contribution in [-0.2, 0) is 17.9 Å². The van der Waals surface area contributed by atoms with E-state index in [4.69, 9.17) is 14.1 Å². The first-order valence-electron chi connectivity index (χ1n) is 9.44. The van der Waals surface area contributed by atoms with E-state index < -0.39 is 0 Å². The van der Waals surface area contributed by atoms with Crippen molar-refractivity contribution < 1.29 is 9.15 Å².